The van der Waals surface area contributed by atoms with Gasteiger partial charge in [0.15, 0.2) is 6.10 Å². The minimum atomic E-state index is -0.772. The maximum atomic E-state index is 12.3. The second-order valence-electron chi connectivity index (χ2n) is 5.64. The fourth-order valence-corrected chi connectivity index (χ4v) is 2.66. The molecule has 0 aromatic heterocycles. The lowest BCUT2D eigenvalue weighted by molar-refractivity contribution is -0.122. The molecule has 25 heavy (non-hydrogen) atoms. The molecule has 128 valence electrons. The van der Waals surface area contributed by atoms with Crippen LogP contribution in [0.2, 0.25) is 5.02 Å². The highest BCUT2D eigenvalue weighted by molar-refractivity contribution is 6.30. The Hall–Kier alpha value is -2.86. The van der Waals surface area contributed by atoms with Gasteiger partial charge in [-0.1, -0.05) is 17.7 Å². The van der Waals surface area contributed by atoms with Crippen LogP contribution in [0.4, 0.5) is 5.69 Å². The van der Waals surface area contributed by atoms with Gasteiger partial charge in [-0.2, -0.15) is 0 Å². The molecule has 3 rings (SSSR count). The molecule has 0 fully saturated rings. The molecule has 0 aliphatic carbocycles. The van der Waals surface area contributed by atoms with Gasteiger partial charge in [-0.25, -0.2) is 0 Å². The first-order valence-corrected chi connectivity index (χ1v) is 7.94. The van der Waals surface area contributed by atoms with Crippen LogP contribution >= 0.6 is 11.6 Å². The van der Waals surface area contributed by atoms with Crippen LogP contribution in [0.3, 0.4) is 0 Å². The number of nitrogens with zero attached hydrogens (tertiary/aromatic N) is 1. The second-order valence-corrected chi connectivity index (χ2v) is 6.07. The van der Waals surface area contributed by atoms with Crippen LogP contribution in [0.25, 0.3) is 0 Å². The van der Waals surface area contributed by atoms with Crippen LogP contribution in [0.5, 0.6) is 5.75 Å². The van der Waals surface area contributed by atoms with Gasteiger partial charge >= 0.3 is 0 Å². The third-order valence-electron chi connectivity index (χ3n) is 3.84. The molecule has 1 aliphatic heterocycles. The second kappa shape index (κ2) is 6.57. The molecule has 0 bridgehead atoms. The highest BCUT2D eigenvalue weighted by Crippen LogP contribution is 2.25. The molecule has 1 heterocycles. The zero-order valence-electron chi connectivity index (χ0n) is 13.6. The lowest BCUT2D eigenvalue weighted by atomic mass is 10.1. The number of rotatable bonds is 4. The molecule has 1 N–H and O–H groups in total. The van der Waals surface area contributed by atoms with E-state index >= 15 is 0 Å². The summed E-state index contributed by atoms with van der Waals surface area (Å²) in [5.41, 5.74) is 1.02. The molecule has 1 atom stereocenters. The summed E-state index contributed by atoms with van der Waals surface area (Å²) < 4.78 is 5.55. The first-order chi connectivity index (χ1) is 11.9. The van der Waals surface area contributed by atoms with E-state index in [1.807, 2.05) is 0 Å². The Morgan fingerprint density at radius 3 is 2.56 bits per heavy atom. The number of imide groups is 1. The summed E-state index contributed by atoms with van der Waals surface area (Å²) in [5.74, 6) is -0.647. The van der Waals surface area contributed by atoms with Crippen LogP contribution in [0.15, 0.2) is 42.5 Å². The van der Waals surface area contributed by atoms with E-state index in [2.05, 4.69) is 5.32 Å². The van der Waals surface area contributed by atoms with Crippen molar-refractivity contribution in [2.75, 3.05) is 12.4 Å². The maximum absolute atomic E-state index is 12.3. The van der Waals surface area contributed by atoms with Crippen LogP contribution in [0.1, 0.15) is 27.6 Å². The van der Waals surface area contributed by atoms with E-state index in [9.17, 15) is 14.4 Å². The lowest BCUT2D eigenvalue weighted by Gasteiger charge is -2.15. The smallest absolute Gasteiger partial charge is 0.265 e. The Kier molecular flexibility index (Phi) is 4.46. The SMILES string of the molecule is C[C@H](Oc1cccc(Cl)c1)C(=O)Nc1ccc2c(c1)C(=O)N(C)C2=O. The van der Waals surface area contributed by atoms with Gasteiger partial charge in [0.2, 0.25) is 0 Å². The number of anilines is 1. The van der Waals surface area contributed by atoms with E-state index in [4.69, 9.17) is 16.3 Å². The highest BCUT2D eigenvalue weighted by atomic mass is 35.5. The van der Waals surface area contributed by atoms with Crippen LogP contribution < -0.4 is 10.1 Å². The van der Waals surface area contributed by atoms with E-state index in [0.717, 1.165) is 4.90 Å². The molecule has 2 aromatic carbocycles. The summed E-state index contributed by atoms with van der Waals surface area (Å²) in [4.78, 5) is 37.2. The topological polar surface area (TPSA) is 75.7 Å². The summed E-state index contributed by atoms with van der Waals surface area (Å²) in [6, 6.07) is 11.3. The van der Waals surface area contributed by atoms with E-state index < -0.39 is 6.10 Å². The number of fused-ring (bicyclic) bond motifs is 1. The van der Waals surface area contributed by atoms with Crippen molar-refractivity contribution in [3.63, 3.8) is 0 Å². The summed E-state index contributed by atoms with van der Waals surface area (Å²) in [6.07, 6.45) is -0.772. The molecule has 0 spiro atoms. The fraction of sp³-hybridized carbons (Fsp3) is 0.167. The van der Waals surface area contributed by atoms with Gasteiger partial charge in [0.1, 0.15) is 5.75 Å². The van der Waals surface area contributed by atoms with E-state index in [1.165, 1.54) is 19.2 Å². The molecule has 7 heteroatoms. The van der Waals surface area contributed by atoms with Crippen molar-refractivity contribution >= 4 is 35.0 Å². The number of carbonyl (C=O) groups is 3. The third kappa shape index (κ3) is 3.34. The van der Waals surface area contributed by atoms with Crippen LogP contribution in [-0.2, 0) is 4.79 Å². The first-order valence-electron chi connectivity index (χ1n) is 7.56. The summed E-state index contributed by atoms with van der Waals surface area (Å²) in [5, 5.41) is 3.19. The first kappa shape index (κ1) is 17.0. The zero-order valence-corrected chi connectivity index (χ0v) is 14.3. The number of carbonyl (C=O) groups excluding carboxylic acids is 3. The Morgan fingerprint density at radius 1 is 1.12 bits per heavy atom. The van der Waals surface area contributed by atoms with Gasteiger partial charge in [-0.15, -0.1) is 0 Å². The summed E-state index contributed by atoms with van der Waals surface area (Å²) in [7, 11) is 1.42. The Morgan fingerprint density at radius 2 is 1.84 bits per heavy atom. The molecule has 0 saturated carbocycles. The number of nitrogens with one attached hydrogen (secondary N) is 1. The van der Waals surface area contributed by atoms with Crippen LogP contribution in [-0.4, -0.2) is 35.8 Å². The number of amides is 3. The highest BCUT2D eigenvalue weighted by Gasteiger charge is 2.32. The van der Waals surface area contributed by atoms with E-state index in [1.54, 1.807) is 37.3 Å². The van der Waals surface area contributed by atoms with Gasteiger partial charge in [0.25, 0.3) is 17.7 Å². The Labute approximate surface area is 149 Å². The van der Waals surface area contributed by atoms with Crippen molar-refractivity contribution in [3.8, 4) is 5.75 Å². The Bertz CT molecular complexity index is 881. The molecule has 0 unspecified atom stereocenters. The van der Waals surface area contributed by atoms with Crippen molar-refractivity contribution in [2.45, 2.75) is 13.0 Å². The standard InChI is InChI=1S/C18H15ClN2O4/c1-10(25-13-5-3-4-11(19)8-13)16(22)20-12-6-7-14-15(9-12)18(24)21(2)17(14)23/h3-10H,1-2H3,(H,20,22)/t10-/m0/s1. The fourth-order valence-electron chi connectivity index (χ4n) is 2.48. The molecule has 0 radical (unpaired) electrons. The minimum Gasteiger partial charge on any atom is -0.481 e. The quantitative estimate of drug-likeness (QED) is 0.852. The molecule has 0 saturated heterocycles. The summed E-state index contributed by atoms with van der Waals surface area (Å²) >= 11 is 5.89. The molecule has 3 amide bonds. The predicted octanol–water partition coefficient (Wildman–Crippen LogP) is 2.97. The van der Waals surface area contributed by atoms with Crippen molar-refractivity contribution in [2.24, 2.45) is 0 Å². The average Bonchev–Trinajstić information content (AvgIpc) is 2.79. The largest absolute Gasteiger partial charge is 0.481 e. The number of hydrogen-bond acceptors (Lipinski definition) is 4. The van der Waals surface area contributed by atoms with E-state index in [0.29, 0.717) is 22.0 Å². The van der Waals surface area contributed by atoms with E-state index in [-0.39, 0.29) is 23.3 Å². The van der Waals surface area contributed by atoms with Gasteiger partial charge in [0, 0.05) is 17.8 Å². The van der Waals surface area contributed by atoms with Gasteiger partial charge in [0.05, 0.1) is 11.1 Å². The lowest BCUT2D eigenvalue weighted by Crippen LogP contribution is -2.30. The van der Waals surface area contributed by atoms with Crippen molar-refractivity contribution < 1.29 is 19.1 Å². The van der Waals surface area contributed by atoms with Crippen molar-refractivity contribution in [3.05, 3.63) is 58.6 Å². The number of benzene rings is 2. The molecular formula is C18H15ClN2O4. The molecule has 2 aromatic rings. The summed E-state index contributed by atoms with van der Waals surface area (Å²) in [6.45, 7) is 1.60. The van der Waals surface area contributed by atoms with Crippen molar-refractivity contribution in [1.29, 1.82) is 0 Å². The number of halogens is 1. The molecule has 6 nitrogen and oxygen atoms in total. The minimum absolute atomic E-state index is 0.272. The van der Waals surface area contributed by atoms with Crippen molar-refractivity contribution in [1.82, 2.24) is 4.90 Å². The Balaban J connectivity index is 1.71. The monoisotopic (exact) mass is 358 g/mol. The average molecular weight is 359 g/mol. The number of hydrogen-bond donors (Lipinski definition) is 1. The third-order valence-corrected chi connectivity index (χ3v) is 4.07. The van der Waals surface area contributed by atoms with Gasteiger partial charge in [-0.05, 0) is 43.3 Å². The zero-order chi connectivity index (χ0) is 18.1. The molecule has 1 aliphatic rings. The van der Waals surface area contributed by atoms with Gasteiger partial charge in [-0.3, -0.25) is 19.3 Å². The van der Waals surface area contributed by atoms with Crippen LogP contribution in [0, 0.1) is 0 Å². The predicted molar refractivity (Wildman–Crippen MR) is 93.0 cm³/mol. The number of ether oxygens (including phenoxy) is 1. The molecular weight excluding hydrogens is 344 g/mol. The normalized spacial score (nSPS) is 14.3. The maximum Gasteiger partial charge on any atom is 0.265 e. The van der Waals surface area contributed by atoms with Gasteiger partial charge < -0.3 is 10.1 Å².